The molecule has 1 aromatic carbocycles. The number of carbonyl (C=O) groups is 1. The molecule has 0 N–H and O–H groups in total. The molecule has 0 aliphatic rings. The van der Waals surface area contributed by atoms with Crippen molar-refractivity contribution in [3.63, 3.8) is 0 Å². The number of ether oxygens (including phenoxy) is 1. The molecule has 21 heavy (non-hydrogen) atoms. The van der Waals surface area contributed by atoms with Gasteiger partial charge in [0.1, 0.15) is 10.7 Å². The second-order valence-corrected chi connectivity index (χ2v) is 5.44. The standard InChI is InChI=1S/C15H11ClN2O2S/c1-17-12-7-8-13(15(19)20-2)18-14(12)21-9-10-3-5-11(16)6-4-10/h3-8H,9H2,2H3. The van der Waals surface area contributed by atoms with E-state index in [4.69, 9.17) is 18.2 Å². The highest BCUT2D eigenvalue weighted by atomic mass is 35.5. The van der Waals surface area contributed by atoms with Crippen LogP contribution in [0.25, 0.3) is 4.85 Å². The van der Waals surface area contributed by atoms with Gasteiger partial charge in [0.15, 0.2) is 0 Å². The van der Waals surface area contributed by atoms with Crippen molar-refractivity contribution in [3.8, 4) is 0 Å². The van der Waals surface area contributed by atoms with Gasteiger partial charge in [0.05, 0.1) is 13.7 Å². The Hall–Kier alpha value is -2.03. The molecule has 2 aromatic rings. The van der Waals surface area contributed by atoms with Crippen LogP contribution in [-0.4, -0.2) is 18.1 Å². The highest BCUT2D eigenvalue weighted by Gasteiger charge is 2.12. The van der Waals surface area contributed by atoms with Crippen molar-refractivity contribution in [2.45, 2.75) is 10.8 Å². The number of nitrogens with zero attached hydrogens (tertiary/aromatic N) is 2. The van der Waals surface area contributed by atoms with Gasteiger partial charge in [-0.2, -0.15) is 0 Å². The largest absolute Gasteiger partial charge is 0.464 e. The first-order valence-corrected chi connectivity index (χ1v) is 7.34. The molecule has 1 heterocycles. The molecule has 0 radical (unpaired) electrons. The summed E-state index contributed by atoms with van der Waals surface area (Å²) in [5.41, 5.74) is 1.68. The minimum absolute atomic E-state index is 0.198. The van der Waals surface area contributed by atoms with Crippen LogP contribution in [0.1, 0.15) is 16.1 Å². The zero-order valence-electron chi connectivity index (χ0n) is 11.2. The summed E-state index contributed by atoms with van der Waals surface area (Å²) in [5.74, 6) is 0.122. The molecular weight excluding hydrogens is 308 g/mol. The molecule has 0 saturated carbocycles. The summed E-state index contributed by atoms with van der Waals surface area (Å²) in [6, 6.07) is 10.5. The molecular formula is C15H11ClN2O2S. The summed E-state index contributed by atoms with van der Waals surface area (Å²) in [6.45, 7) is 7.16. The van der Waals surface area contributed by atoms with Crippen LogP contribution in [0.4, 0.5) is 5.69 Å². The second-order valence-electron chi connectivity index (χ2n) is 4.04. The van der Waals surface area contributed by atoms with Crippen LogP contribution in [0.3, 0.4) is 0 Å². The molecule has 0 spiro atoms. The number of halogens is 1. The Labute approximate surface area is 131 Å². The molecule has 0 aliphatic carbocycles. The van der Waals surface area contributed by atoms with E-state index in [9.17, 15) is 4.79 Å². The van der Waals surface area contributed by atoms with Gasteiger partial charge < -0.3 is 4.74 Å². The van der Waals surface area contributed by atoms with E-state index in [1.54, 1.807) is 6.07 Å². The summed E-state index contributed by atoms with van der Waals surface area (Å²) in [4.78, 5) is 19.1. The third-order valence-electron chi connectivity index (χ3n) is 2.64. The number of esters is 1. The van der Waals surface area contributed by atoms with Crippen LogP contribution >= 0.6 is 23.4 Å². The fourth-order valence-electron chi connectivity index (χ4n) is 1.57. The number of pyridine rings is 1. The molecule has 0 unspecified atom stereocenters. The highest BCUT2D eigenvalue weighted by molar-refractivity contribution is 7.98. The molecule has 2 rings (SSSR count). The van der Waals surface area contributed by atoms with Gasteiger partial charge in [0.25, 0.3) is 0 Å². The second kappa shape index (κ2) is 7.11. The van der Waals surface area contributed by atoms with E-state index in [0.717, 1.165) is 5.56 Å². The molecule has 6 heteroatoms. The van der Waals surface area contributed by atoms with Crippen LogP contribution in [0, 0.1) is 6.57 Å². The average molecular weight is 319 g/mol. The topological polar surface area (TPSA) is 43.5 Å². The Morgan fingerprint density at radius 1 is 1.33 bits per heavy atom. The van der Waals surface area contributed by atoms with Gasteiger partial charge in [-0.1, -0.05) is 29.8 Å². The quantitative estimate of drug-likeness (QED) is 0.477. The highest BCUT2D eigenvalue weighted by Crippen LogP contribution is 2.30. The van der Waals surface area contributed by atoms with Crippen molar-refractivity contribution < 1.29 is 9.53 Å². The normalized spacial score (nSPS) is 9.95. The lowest BCUT2D eigenvalue weighted by Crippen LogP contribution is -2.04. The number of carbonyl (C=O) groups excluding carboxylic acids is 1. The van der Waals surface area contributed by atoms with Gasteiger partial charge in [0, 0.05) is 10.8 Å². The lowest BCUT2D eigenvalue weighted by atomic mass is 10.2. The molecule has 0 bridgehead atoms. The molecule has 0 saturated heterocycles. The predicted octanol–water partition coefficient (Wildman–Crippen LogP) is 4.36. The first-order valence-electron chi connectivity index (χ1n) is 5.98. The molecule has 0 amide bonds. The van der Waals surface area contributed by atoms with Gasteiger partial charge in [-0.25, -0.2) is 14.6 Å². The van der Waals surface area contributed by atoms with Crippen molar-refractivity contribution in [1.82, 2.24) is 4.98 Å². The maximum atomic E-state index is 11.5. The smallest absolute Gasteiger partial charge is 0.356 e. The molecule has 0 aliphatic heterocycles. The molecule has 1 aromatic heterocycles. The molecule has 0 fully saturated rings. The SMILES string of the molecule is [C-]#[N+]c1ccc(C(=O)OC)nc1SCc1ccc(Cl)cc1. The number of benzene rings is 1. The van der Waals surface area contributed by atoms with Gasteiger partial charge >= 0.3 is 5.97 Å². The fourth-order valence-corrected chi connectivity index (χ4v) is 2.62. The van der Waals surface area contributed by atoms with Crippen LogP contribution in [-0.2, 0) is 10.5 Å². The Kier molecular flexibility index (Phi) is 5.20. The first kappa shape index (κ1) is 15.4. The predicted molar refractivity (Wildman–Crippen MR) is 82.9 cm³/mol. The van der Waals surface area contributed by atoms with Gasteiger partial charge in [-0.3, -0.25) is 0 Å². The van der Waals surface area contributed by atoms with E-state index in [-0.39, 0.29) is 5.69 Å². The minimum atomic E-state index is -0.514. The van der Waals surface area contributed by atoms with Crippen molar-refractivity contribution >= 4 is 35.0 Å². The minimum Gasteiger partial charge on any atom is -0.464 e. The monoisotopic (exact) mass is 318 g/mol. The third kappa shape index (κ3) is 3.97. The van der Waals surface area contributed by atoms with Crippen molar-refractivity contribution in [2.24, 2.45) is 0 Å². The van der Waals surface area contributed by atoms with Crippen LogP contribution < -0.4 is 0 Å². The van der Waals surface area contributed by atoms with E-state index >= 15 is 0 Å². The van der Waals surface area contributed by atoms with Gasteiger partial charge in [0.2, 0.25) is 5.69 Å². The van der Waals surface area contributed by atoms with E-state index in [0.29, 0.717) is 21.5 Å². The van der Waals surface area contributed by atoms with Gasteiger partial charge in [-0.15, -0.1) is 11.8 Å². The Morgan fingerprint density at radius 3 is 2.67 bits per heavy atom. The zero-order valence-corrected chi connectivity index (χ0v) is 12.7. The number of hydrogen-bond acceptors (Lipinski definition) is 4. The van der Waals surface area contributed by atoms with Crippen molar-refractivity contribution in [1.29, 1.82) is 0 Å². The van der Waals surface area contributed by atoms with Crippen LogP contribution in [0.2, 0.25) is 5.02 Å². The Bertz CT molecular complexity index is 696. The fraction of sp³-hybridized carbons (Fsp3) is 0.133. The van der Waals surface area contributed by atoms with E-state index in [2.05, 4.69) is 14.6 Å². The van der Waals surface area contributed by atoms with Crippen molar-refractivity contribution in [2.75, 3.05) is 7.11 Å². The number of hydrogen-bond donors (Lipinski definition) is 0. The molecule has 106 valence electrons. The Morgan fingerprint density at radius 2 is 2.05 bits per heavy atom. The van der Waals surface area contributed by atoms with E-state index in [1.807, 2.05) is 24.3 Å². The summed E-state index contributed by atoms with van der Waals surface area (Å²) in [7, 11) is 1.30. The summed E-state index contributed by atoms with van der Waals surface area (Å²) in [5, 5.41) is 1.19. The Balaban J connectivity index is 2.19. The molecule has 0 atom stereocenters. The first-order chi connectivity index (χ1) is 10.1. The lowest BCUT2D eigenvalue weighted by molar-refractivity contribution is 0.0593. The molecule has 4 nitrogen and oxygen atoms in total. The number of thioether (sulfide) groups is 1. The number of rotatable bonds is 4. The van der Waals surface area contributed by atoms with Crippen LogP contribution in [0.5, 0.6) is 0 Å². The zero-order chi connectivity index (χ0) is 15.2. The maximum Gasteiger partial charge on any atom is 0.356 e. The number of aromatic nitrogens is 1. The summed E-state index contributed by atoms with van der Waals surface area (Å²) < 4.78 is 4.64. The summed E-state index contributed by atoms with van der Waals surface area (Å²) >= 11 is 7.23. The van der Waals surface area contributed by atoms with Crippen molar-refractivity contribution in [3.05, 3.63) is 64.1 Å². The van der Waals surface area contributed by atoms with Gasteiger partial charge in [-0.05, 0) is 23.8 Å². The third-order valence-corrected chi connectivity index (χ3v) is 3.95. The average Bonchev–Trinajstić information content (AvgIpc) is 2.53. The van der Waals surface area contributed by atoms with Crippen LogP contribution in [0.15, 0.2) is 41.4 Å². The maximum absolute atomic E-state index is 11.5. The van der Waals surface area contributed by atoms with E-state index in [1.165, 1.54) is 24.9 Å². The number of methoxy groups -OCH3 is 1. The lowest BCUT2D eigenvalue weighted by Gasteiger charge is -2.06. The summed E-state index contributed by atoms with van der Waals surface area (Å²) in [6.07, 6.45) is 0. The van der Waals surface area contributed by atoms with E-state index < -0.39 is 5.97 Å².